The molecule has 112 valence electrons. The number of nitrogens with one attached hydrogen (secondary N) is 1. The number of methoxy groups -OCH3 is 3. The van der Waals surface area contributed by atoms with Gasteiger partial charge in [-0.15, -0.1) is 0 Å². The smallest absolute Gasteiger partial charge is 0.134 e. The van der Waals surface area contributed by atoms with E-state index in [0.29, 0.717) is 5.75 Å². The molecule has 2 rings (SSSR count). The molecular formula is C17H21NO3. The summed E-state index contributed by atoms with van der Waals surface area (Å²) in [5.41, 5.74) is 3.19. The van der Waals surface area contributed by atoms with E-state index in [1.54, 1.807) is 21.3 Å². The lowest BCUT2D eigenvalue weighted by molar-refractivity contribution is 0.377. The van der Waals surface area contributed by atoms with Crippen LogP contribution in [0.25, 0.3) is 11.1 Å². The van der Waals surface area contributed by atoms with Crippen LogP contribution < -0.4 is 19.5 Å². The topological polar surface area (TPSA) is 39.7 Å². The van der Waals surface area contributed by atoms with Crippen LogP contribution in [0, 0.1) is 0 Å². The third-order valence-electron chi connectivity index (χ3n) is 3.31. The monoisotopic (exact) mass is 287 g/mol. The Kier molecular flexibility index (Phi) is 5.06. The average molecular weight is 287 g/mol. The molecule has 4 nitrogen and oxygen atoms in total. The first-order chi connectivity index (χ1) is 10.2. The summed E-state index contributed by atoms with van der Waals surface area (Å²) in [6.07, 6.45) is 0. The highest BCUT2D eigenvalue weighted by molar-refractivity contribution is 5.78. The van der Waals surface area contributed by atoms with E-state index in [4.69, 9.17) is 14.2 Å². The van der Waals surface area contributed by atoms with Gasteiger partial charge in [-0.2, -0.15) is 0 Å². The van der Waals surface area contributed by atoms with Crippen LogP contribution in [0.4, 0.5) is 0 Å². The van der Waals surface area contributed by atoms with Gasteiger partial charge in [-0.3, -0.25) is 0 Å². The Morgan fingerprint density at radius 2 is 1.57 bits per heavy atom. The fourth-order valence-corrected chi connectivity index (χ4v) is 2.33. The Balaban J connectivity index is 2.58. The van der Waals surface area contributed by atoms with Gasteiger partial charge in [0.25, 0.3) is 0 Å². The van der Waals surface area contributed by atoms with E-state index in [2.05, 4.69) is 17.4 Å². The largest absolute Gasteiger partial charge is 0.496 e. The van der Waals surface area contributed by atoms with E-state index in [9.17, 15) is 0 Å². The normalized spacial score (nSPS) is 10.3. The zero-order valence-electron chi connectivity index (χ0n) is 12.9. The van der Waals surface area contributed by atoms with Gasteiger partial charge in [0.15, 0.2) is 0 Å². The van der Waals surface area contributed by atoms with Gasteiger partial charge in [-0.05, 0) is 24.2 Å². The molecule has 0 aliphatic rings. The molecule has 4 heteroatoms. The van der Waals surface area contributed by atoms with Crippen molar-refractivity contribution in [3.05, 3.63) is 42.0 Å². The molecule has 0 radical (unpaired) electrons. The molecule has 2 aromatic rings. The molecule has 0 aromatic heterocycles. The van der Waals surface area contributed by atoms with E-state index in [0.717, 1.165) is 29.2 Å². The predicted molar refractivity (Wildman–Crippen MR) is 84.3 cm³/mol. The molecule has 0 aliphatic carbocycles. The Morgan fingerprint density at radius 3 is 2.10 bits per heavy atom. The third-order valence-corrected chi connectivity index (χ3v) is 3.31. The van der Waals surface area contributed by atoms with E-state index in [-0.39, 0.29) is 0 Å². The Bertz CT molecular complexity index is 586. The lowest BCUT2D eigenvalue weighted by Gasteiger charge is -2.16. The summed E-state index contributed by atoms with van der Waals surface area (Å²) in [5, 5.41) is 3.16. The minimum absolute atomic E-state index is 0.707. The van der Waals surface area contributed by atoms with Gasteiger partial charge in [0.2, 0.25) is 0 Å². The van der Waals surface area contributed by atoms with E-state index in [1.165, 1.54) is 5.56 Å². The summed E-state index contributed by atoms with van der Waals surface area (Å²) >= 11 is 0. The highest BCUT2D eigenvalue weighted by Crippen LogP contribution is 2.41. The molecule has 0 bridgehead atoms. The van der Waals surface area contributed by atoms with Gasteiger partial charge in [-0.25, -0.2) is 0 Å². The first-order valence-corrected chi connectivity index (χ1v) is 6.77. The van der Waals surface area contributed by atoms with Crippen molar-refractivity contribution < 1.29 is 14.2 Å². The first-order valence-electron chi connectivity index (χ1n) is 6.77. The lowest BCUT2D eigenvalue weighted by Crippen LogP contribution is -2.05. The van der Waals surface area contributed by atoms with Gasteiger partial charge in [-0.1, -0.05) is 18.2 Å². The second kappa shape index (κ2) is 6.99. The summed E-state index contributed by atoms with van der Waals surface area (Å²) in [4.78, 5) is 0. The van der Waals surface area contributed by atoms with Crippen molar-refractivity contribution in [1.29, 1.82) is 0 Å². The fraction of sp³-hybridized carbons (Fsp3) is 0.294. The van der Waals surface area contributed by atoms with Crippen LogP contribution in [0.5, 0.6) is 17.2 Å². The Labute approximate surface area is 125 Å². The highest BCUT2D eigenvalue weighted by atomic mass is 16.5. The van der Waals surface area contributed by atoms with Crippen molar-refractivity contribution in [1.82, 2.24) is 5.32 Å². The van der Waals surface area contributed by atoms with Crippen molar-refractivity contribution in [3.63, 3.8) is 0 Å². The van der Waals surface area contributed by atoms with Gasteiger partial charge in [0, 0.05) is 18.7 Å². The Hall–Kier alpha value is -2.20. The average Bonchev–Trinajstić information content (AvgIpc) is 2.54. The summed E-state index contributed by atoms with van der Waals surface area (Å²) in [6, 6.07) is 12.0. The Morgan fingerprint density at radius 1 is 0.905 bits per heavy atom. The zero-order valence-corrected chi connectivity index (χ0v) is 12.9. The van der Waals surface area contributed by atoms with Gasteiger partial charge < -0.3 is 19.5 Å². The number of hydrogen-bond acceptors (Lipinski definition) is 4. The predicted octanol–water partition coefficient (Wildman–Crippen LogP) is 3.10. The van der Waals surface area contributed by atoms with Crippen molar-refractivity contribution in [3.8, 4) is 28.4 Å². The third kappa shape index (κ3) is 3.28. The van der Waals surface area contributed by atoms with Crippen molar-refractivity contribution in [2.24, 2.45) is 0 Å². The van der Waals surface area contributed by atoms with E-state index >= 15 is 0 Å². The molecule has 0 saturated heterocycles. The van der Waals surface area contributed by atoms with Crippen LogP contribution in [0.1, 0.15) is 5.56 Å². The molecule has 0 spiro atoms. The van der Waals surface area contributed by atoms with Crippen LogP contribution in [0.15, 0.2) is 36.4 Å². The van der Waals surface area contributed by atoms with Crippen molar-refractivity contribution >= 4 is 0 Å². The summed E-state index contributed by atoms with van der Waals surface area (Å²) < 4.78 is 16.3. The summed E-state index contributed by atoms with van der Waals surface area (Å²) in [7, 11) is 6.85. The number of rotatable bonds is 6. The summed E-state index contributed by atoms with van der Waals surface area (Å²) in [5.74, 6) is 2.17. The fourth-order valence-electron chi connectivity index (χ4n) is 2.33. The molecule has 0 amide bonds. The molecule has 0 unspecified atom stereocenters. The van der Waals surface area contributed by atoms with Gasteiger partial charge in [0.05, 0.1) is 26.9 Å². The molecule has 2 aromatic carbocycles. The van der Waals surface area contributed by atoms with Crippen LogP contribution in [0.3, 0.4) is 0 Å². The van der Waals surface area contributed by atoms with Crippen molar-refractivity contribution in [2.45, 2.75) is 6.54 Å². The van der Waals surface area contributed by atoms with Gasteiger partial charge in [0.1, 0.15) is 17.2 Å². The molecule has 0 aliphatic heterocycles. The minimum atomic E-state index is 0.707. The second-order valence-electron chi connectivity index (χ2n) is 4.64. The van der Waals surface area contributed by atoms with Crippen LogP contribution in [-0.4, -0.2) is 28.4 Å². The number of ether oxygens (including phenoxy) is 3. The second-order valence-corrected chi connectivity index (χ2v) is 4.64. The van der Waals surface area contributed by atoms with Crippen LogP contribution in [-0.2, 0) is 6.54 Å². The number of benzene rings is 2. The molecule has 0 saturated carbocycles. The zero-order chi connectivity index (χ0) is 15.2. The molecule has 21 heavy (non-hydrogen) atoms. The highest BCUT2D eigenvalue weighted by Gasteiger charge is 2.15. The van der Waals surface area contributed by atoms with Gasteiger partial charge >= 0.3 is 0 Å². The quantitative estimate of drug-likeness (QED) is 0.886. The van der Waals surface area contributed by atoms with Crippen molar-refractivity contribution in [2.75, 3.05) is 28.4 Å². The van der Waals surface area contributed by atoms with Crippen LogP contribution in [0.2, 0.25) is 0 Å². The standard InChI is InChI=1S/C17H21NO3/c1-18-11-12-6-5-7-13(8-12)17-15(20-3)9-14(19-2)10-16(17)21-4/h5-10,18H,11H2,1-4H3. The molecule has 0 heterocycles. The maximum absolute atomic E-state index is 5.51. The SMILES string of the molecule is CNCc1cccc(-c2c(OC)cc(OC)cc2OC)c1. The maximum atomic E-state index is 5.51. The lowest BCUT2D eigenvalue weighted by atomic mass is 10.0. The molecule has 0 atom stereocenters. The molecular weight excluding hydrogens is 266 g/mol. The van der Waals surface area contributed by atoms with Crippen LogP contribution >= 0.6 is 0 Å². The summed E-state index contributed by atoms with van der Waals surface area (Å²) in [6.45, 7) is 0.814. The first kappa shape index (κ1) is 15.2. The molecule has 0 fully saturated rings. The molecule has 1 N–H and O–H groups in total. The number of hydrogen-bond donors (Lipinski definition) is 1. The minimum Gasteiger partial charge on any atom is -0.496 e. The maximum Gasteiger partial charge on any atom is 0.134 e. The van der Waals surface area contributed by atoms with E-state index < -0.39 is 0 Å². The van der Waals surface area contributed by atoms with E-state index in [1.807, 2.05) is 31.3 Å².